The minimum atomic E-state index is -0.523. The second-order valence-corrected chi connectivity index (χ2v) is 5.07. The molecule has 1 saturated heterocycles. The second kappa shape index (κ2) is 7.97. The van der Waals surface area contributed by atoms with Gasteiger partial charge in [-0.25, -0.2) is 4.79 Å². The molecule has 0 amide bonds. The quantitative estimate of drug-likeness (QED) is 0.386. The zero-order valence-corrected chi connectivity index (χ0v) is 11.9. The fraction of sp³-hybridized carbons (Fsp3) is 0.733. The van der Waals surface area contributed by atoms with Crippen molar-refractivity contribution in [2.75, 3.05) is 7.11 Å². The first-order valence-electron chi connectivity index (χ1n) is 7.07. The molecule has 1 heterocycles. The number of ether oxygens (including phenoxy) is 2. The van der Waals surface area contributed by atoms with Crippen LogP contribution in [-0.4, -0.2) is 25.2 Å². The smallest absolute Gasteiger partial charge is 0.334 e. The second-order valence-electron chi connectivity index (χ2n) is 5.07. The summed E-state index contributed by atoms with van der Waals surface area (Å²) in [6.45, 7) is 5.82. The molecule has 1 rings (SSSR count). The van der Waals surface area contributed by atoms with Crippen LogP contribution in [0.3, 0.4) is 0 Å². The standard InChI is InChI=1S/C15H24O4/c1-4-5-6-7-8-9-12-10-13(15(17)19-12)11(2)14(16)18-3/h12-13H,2,4-10H2,1,3H3/t12-,13-/m0/s1. The number of carbonyl (C=O) groups excluding carboxylic acids is 2. The summed E-state index contributed by atoms with van der Waals surface area (Å²) in [5, 5.41) is 0. The van der Waals surface area contributed by atoms with Gasteiger partial charge in [-0.3, -0.25) is 4.79 Å². The Morgan fingerprint density at radius 1 is 1.37 bits per heavy atom. The van der Waals surface area contributed by atoms with E-state index in [0.29, 0.717) is 6.42 Å². The molecule has 1 aliphatic rings. The van der Waals surface area contributed by atoms with Crippen molar-refractivity contribution in [3.8, 4) is 0 Å². The molecule has 0 unspecified atom stereocenters. The lowest BCUT2D eigenvalue weighted by atomic mass is 9.95. The lowest BCUT2D eigenvalue weighted by Gasteiger charge is -2.08. The van der Waals surface area contributed by atoms with Crippen molar-refractivity contribution < 1.29 is 19.1 Å². The molecule has 1 aliphatic heterocycles. The molecule has 0 bridgehead atoms. The lowest BCUT2D eigenvalue weighted by molar-refractivity contribution is -0.146. The zero-order valence-electron chi connectivity index (χ0n) is 11.9. The van der Waals surface area contributed by atoms with E-state index in [4.69, 9.17) is 4.74 Å². The van der Waals surface area contributed by atoms with Crippen molar-refractivity contribution in [3.05, 3.63) is 12.2 Å². The van der Waals surface area contributed by atoms with Gasteiger partial charge in [-0.05, 0) is 12.8 Å². The third-order valence-electron chi connectivity index (χ3n) is 3.56. The van der Waals surface area contributed by atoms with E-state index >= 15 is 0 Å². The molecule has 1 fully saturated rings. The fourth-order valence-corrected chi connectivity index (χ4v) is 2.36. The van der Waals surface area contributed by atoms with Gasteiger partial charge in [0.2, 0.25) is 0 Å². The van der Waals surface area contributed by atoms with Crippen LogP contribution >= 0.6 is 0 Å². The van der Waals surface area contributed by atoms with Crippen molar-refractivity contribution in [1.82, 2.24) is 0 Å². The highest BCUT2D eigenvalue weighted by molar-refractivity contribution is 5.95. The number of rotatable bonds is 8. The van der Waals surface area contributed by atoms with Gasteiger partial charge < -0.3 is 9.47 Å². The van der Waals surface area contributed by atoms with Crippen LogP contribution in [0.5, 0.6) is 0 Å². The van der Waals surface area contributed by atoms with E-state index < -0.39 is 11.9 Å². The molecule has 0 aromatic heterocycles. The third-order valence-corrected chi connectivity index (χ3v) is 3.56. The topological polar surface area (TPSA) is 52.6 Å². The Balaban J connectivity index is 2.32. The Morgan fingerprint density at radius 3 is 2.68 bits per heavy atom. The van der Waals surface area contributed by atoms with Crippen LogP contribution in [0, 0.1) is 5.92 Å². The Hall–Kier alpha value is -1.32. The van der Waals surface area contributed by atoms with E-state index in [1.165, 1.54) is 32.8 Å². The third kappa shape index (κ3) is 4.69. The Bertz CT molecular complexity index is 335. The summed E-state index contributed by atoms with van der Waals surface area (Å²) < 4.78 is 9.88. The highest BCUT2D eigenvalue weighted by atomic mass is 16.6. The van der Waals surface area contributed by atoms with Gasteiger partial charge in [0.15, 0.2) is 0 Å². The minimum absolute atomic E-state index is 0.0690. The summed E-state index contributed by atoms with van der Waals surface area (Å²) in [5.41, 5.74) is 0.209. The SMILES string of the molecule is C=C(C(=O)OC)[C@@H]1C[C@H](CCCCCCC)OC1=O. The summed E-state index contributed by atoms with van der Waals surface area (Å²) in [5.74, 6) is -1.38. The van der Waals surface area contributed by atoms with E-state index in [2.05, 4.69) is 18.2 Å². The van der Waals surface area contributed by atoms with Gasteiger partial charge in [-0.1, -0.05) is 39.2 Å². The predicted molar refractivity (Wildman–Crippen MR) is 72.5 cm³/mol. The van der Waals surface area contributed by atoms with Crippen molar-refractivity contribution >= 4 is 11.9 Å². The van der Waals surface area contributed by atoms with Gasteiger partial charge in [0.1, 0.15) is 6.10 Å². The molecule has 0 saturated carbocycles. The normalized spacial score (nSPS) is 22.1. The van der Waals surface area contributed by atoms with E-state index in [9.17, 15) is 9.59 Å². The monoisotopic (exact) mass is 268 g/mol. The number of hydrogen-bond donors (Lipinski definition) is 0. The largest absolute Gasteiger partial charge is 0.466 e. The van der Waals surface area contributed by atoms with Crippen molar-refractivity contribution in [2.45, 2.75) is 58.0 Å². The Labute approximate surface area is 115 Å². The first kappa shape index (κ1) is 15.7. The molecule has 2 atom stereocenters. The molecule has 0 aliphatic carbocycles. The number of carbonyl (C=O) groups is 2. The molecule has 0 radical (unpaired) electrons. The van der Waals surface area contributed by atoms with Gasteiger partial charge in [-0.15, -0.1) is 0 Å². The molecule has 4 nitrogen and oxygen atoms in total. The van der Waals surface area contributed by atoms with Crippen molar-refractivity contribution in [1.29, 1.82) is 0 Å². The summed E-state index contributed by atoms with van der Waals surface area (Å²) in [6.07, 6.45) is 7.31. The highest BCUT2D eigenvalue weighted by Gasteiger charge is 2.38. The molecule has 4 heteroatoms. The molecular formula is C15H24O4. The summed E-state index contributed by atoms with van der Waals surface area (Å²) in [7, 11) is 1.29. The molecule has 0 N–H and O–H groups in total. The first-order chi connectivity index (χ1) is 9.10. The van der Waals surface area contributed by atoms with E-state index in [1.807, 2.05) is 0 Å². The molecule has 0 aromatic rings. The van der Waals surface area contributed by atoms with Crippen LogP contribution < -0.4 is 0 Å². The van der Waals surface area contributed by atoms with Crippen LogP contribution in [0.2, 0.25) is 0 Å². The van der Waals surface area contributed by atoms with E-state index in [-0.39, 0.29) is 17.6 Å². The van der Waals surface area contributed by atoms with Gasteiger partial charge in [0.25, 0.3) is 0 Å². The van der Waals surface area contributed by atoms with Crippen molar-refractivity contribution in [2.24, 2.45) is 5.92 Å². The van der Waals surface area contributed by atoms with Gasteiger partial charge in [-0.2, -0.15) is 0 Å². The van der Waals surface area contributed by atoms with Crippen LogP contribution in [0.4, 0.5) is 0 Å². The lowest BCUT2D eigenvalue weighted by Crippen LogP contribution is -2.17. The predicted octanol–water partition coefficient (Wildman–Crippen LogP) is 3.01. The maximum Gasteiger partial charge on any atom is 0.334 e. The van der Waals surface area contributed by atoms with Crippen LogP contribution in [0.15, 0.2) is 12.2 Å². The number of cyclic esters (lactones) is 1. The van der Waals surface area contributed by atoms with Crippen LogP contribution in [-0.2, 0) is 19.1 Å². The first-order valence-corrected chi connectivity index (χ1v) is 7.07. The van der Waals surface area contributed by atoms with Gasteiger partial charge in [0.05, 0.1) is 13.0 Å². The van der Waals surface area contributed by atoms with Crippen LogP contribution in [0.25, 0.3) is 0 Å². The average molecular weight is 268 g/mol. The molecular weight excluding hydrogens is 244 g/mol. The Kier molecular flexibility index (Phi) is 6.60. The van der Waals surface area contributed by atoms with Gasteiger partial charge >= 0.3 is 11.9 Å². The maximum absolute atomic E-state index is 11.7. The average Bonchev–Trinajstić information content (AvgIpc) is 2.78. The molecule has 19 heavy (non-hydrogen) atoms. The zero-order chi connectivity index (χ0) is 14.3. The Morgan fingerprint density at radius 2 is 2.05 bits per heavy atom. The molecule has 0 spiro atoms. The number of methoxy groups -OCH3 is 1. The van der Waals surface area contributed by atoms with Crippen molar-refractivity contribution in [3.63, 3.8) is 0 Å². The van der Waals surface area contributed by atoms with Gasteiger partial charge in [0, 0.05) is 12.0 Å². The summed E-state index contributed by atoms with van der Waals surface area (Å²) in [6, 6.07) is 0. The number of esters is 2. The maximum atomic E-state index is 11.7. The summed E-state index contributed by atoms with van der Waals surface area (Å²) >= 11 is 0. The number of hydrogen-bond acceptors (Lipinski definition) is 4. The highest BCUT2D eigenvalue weighted by Crippen LogP contribution is 2.30. The molecule has 108 valence electrons. The fourth-order valence-electron chi connectivity index (χ4n) is 2.36. The number of unbranched alkanes of at least 4 members (excludes halogenated alkanes) is 4. The minimum Gasteiger partial charge on any atom is -0.466 e. The van der Waals surface area contributed by atoms with Crippen LogP contribution in [0.1, 0.15) is 51.9 Å². The molecule has 0 aromatic carbocycles. The summed E-state index contributed by atoms with van der Waals surface area (Å²) in [4.78, 5) is 23.0. The van der Waals surface area contributed by atoms with E-state index in [0.717, 1.165) is 12.8 Å². The van der Waals surface area contributed by atoms with E-state index in [1.54, 1.807) is 0 Å².